The zero-order chi connectivity index (χ0) is 16.9. The molecule has 1 fully saturated rings. The highest BCUT2D eigenvalue weighted by Gasteiger charge is 2.23. The van der Waals surface area contributed by atoms with Crippen molar-refractivity contribution in [3.8, 4) is 0 Å². The van der Waals surface area contributed by atoms with Crippen LogP contribution < -0.4 is 10.6 Å². The third kappa shape index (κ3) is 4.35. The van der Waals surface area contributed by atoms with Crippen LogP contribution in [0.1, 0.15) is 18.5 Å². The number of urea groups is 1. The molecule has 24 heavy (non-hydrogen) atoms. The standard InChI is InChI=1S/C17H20ClN5O/c1-12-10-16(20-11-19-12)21-15-6-8-23(9-7-15)17(24)22-14-4-2-13(18)3-5-14/h2-5,10-11,15H,6-9H2,1H3,(H,22,24)(H,19,20,21). The quantitative estimate of drug-likeness (QED) is 0.892. The Morgan fingerprint density at radius 1 is 1.21 bits per heavy atom. The minimum atomic E-state index is -0.0753. The van der Waals surface area contributed by atoms with E-state index in [9.17, 15) is 4.79 Å². The molecule has 0 bridgehead atoms. The van der Waals surface area contributed by atoms with Gasteiger partial charge in [-0.05, 0) is 44.0 Å². The molecule has 0 aliphatic carbocycles. The molecule has 0 unspecified atom stereocenters. The van der Waals surface area contributed by atoms with Gasteiger partial charge in [-0.25, -0.2) is 14.8 Å². The summed E-state index contributed by atoms with van der Waals surface area (Å²) in [6.07, 6.45) is 3.33. The van der Waals surface area contributed by atoms with Crippen LogP contribution in [0.15, 0.2) is 36.7 Å². The second-order valence-corrected chi connectivity index (χ2v) is 6.32. The van der Waals surface area contributed by atoms with Crippen LogP contribution in [0.25, 0.3) is 0 Å². The number of benzene rings is 1. The van der Waals surface area contributed by atoms with Crippen molar-refractivity contribution in [1.82, 2.24) is 14.9 Å². The minimum absolute atomic E-state index is 0.0753. The molecule has 0 saturated carbocycles. The molecule has 126 valence electrons. The van der Waals surface area contributed by atoms with E-state index in [0.717, 1.165) is 30.0 Å². The predicted molar refractivity (Wildman–Crippen MR) is 95.5 cm³/mol. The van der Waals surface area contributed by atoms with E-state index in [-0.39, 0.29) is 6.03 Å². The highest BCUT2D eigenvalue weighted by Crippen LogP contribution is 2.18. The van der Waals surface area contributed by atoms with Gasteiger partial charge in [-0.2, -0.15) is 0 Å². The van der Waals surface area contributed by atoms with Gasteiger partial charge in [0, 0.05) is 41.6 Å². The predicted octanol–water partition coefficient (Wildman–Crippen LogP) is 3.55. The van der Waals surface area contributed by atoms with E-state index in [1.807, 2.05) is 17.9 Å². The number of amides is 2. The topological polar surface area (TPSA) is 70.2 Å². The lowest BCUT2D eigenvalue weighted by Gasteiger charge is -2.32. The molecule has 2 aromatic rings. The van der Waals surface area contributed by atoms with Gasteiger partial charge >= 0.3 is 6.03 Å². The number of nitrogens with zero attached hydrogens (tertiary/aromatic N) is 3. The average molecular weight is 346 g/mol. The van der Waals surface area contributed by atoms with Crippen LogP contribution in [0.3, 0.4) is 0 Å². The number of piperidine rings is 1. The summed E-state index contributed by atoms with van der Waals surface area (Å²) < 4.78 is 0. The van der Waals surface area contributed by atoms with Crippen LogP contribution in [0.4, 0.5) is 16.3 Å². The molecule has 1 aromatic carbocycles. The van der Waals surface area contributed by atoms with Crippen molar-refractivity contribution in [2.24, 2.45) is 0 Å². The summed E-state index contributed by atoms with van der Waals surface area (Å²) in [5, 5.41) is 6.96. The first-order valence-corrected chi connectivity index (χ1v) is 8.34. The van der Waals surface area contributed by atoms with Crippen molar-refractivity contribution in [3.63, 3.8) is 0 Å². The number of carbonyl (C=O) groups excluding carboxylic acids is 1. The Morgan fingerprint density at radius 2 is 1.92 bits per heavy atom. The number of nitrogens with one attached hydrogen (secondary N) is 2. The number of aromatic nitrogens is 2. The summed E-state index contributed by atoms with van der Waals surface area (Å²) in [5.41, 5.74) is 1.69. The fraction of sp³-hybridized carbons (Fsp3) is 0.353. The van der Waals surface area contributed by atoms with Crippen LogP contribution in [-0.2, 0) is 0 Å². The summed E-state index contributed by atoms with van der Waals surface area (Å²) in [6.45, 7) is 3.36. The molecule has 3 rings (SSSR count). The highest BCUT2D eigenvalue weighted by atomic mass is 35.5. The number of anilines is 2. The summed E-state index contributed by atoms with van der Waals surface area (Å²) in [4.78, 5) is 22.5. The van der Waals surface area contributed by atoms with E-state index in [1.54, 1.807) is 30.6 Å². The molecular formula is C17H20ClN5O. The van der Waals surface area contributed by atoms with Crippen LogP contribution in [0.5, 0.6) is 0 Å². The summed E-state index contributed by atoms with van der Waals surface area (Å²) in [7, 11) is 0. The molecule has 1 saturated heterocycles. The number of hydrogen-bond acceptors (Lipinski definition) is 4. The molecule has 2 amide bonds. The van der Waals surface area contributed by atoms with Crippen molar-refractivity contribution in [2.45, 2.75) is 25.8 Å². The van der Waals surface area contributed by atoms with Crippen LogP contribution in [-0.4, -0.2) is 40.0 Å². The minimum Gasteiger partial charge on any atom is -0.367 e. The van der Waals surface area contributed by atoms with Gasteiger partial charge in [0.2, 0.25) is 0 Å². The SMILES string of the molecule is Cc1cc(NC2CCN(C(=O)Nc3ccc(Cl)cc3)CC2)ncn1. The molecule has 0 spiro atoms. The lowest BCUT2D eigenvalue weighted by Crippen LogP contribution is -2.44. The first-order valence-electron chi connectivity index (χ1n) is 7.97. The Morgan fingerprint density at radius 3 is 2.58 bits per heavy atom. The van der Waals surface area contributed by atoms with Gasteiger partial charge in [0.05, 0.1) is 0 Å². The maximum Gasteiger partial charge on any atom is 0.321 e. The molecular weight excluding hydrogens is 326 g/mol. The number of rotatable bonds is 3. The molecule has 2 N–H and O–H groups in total. The molecule has 0 atom stereocenters. The van der Waals surface area contributed by atoms with E-state index in [2.05, 4.69) is 20.6 Å². The number of hydrogen-bond donors (Lipinski definition) is 2. The second kappa shape index (κ2) is 7.49. The number of carbonyl (C=O) groups is 1. The zero-order valence-electron chi connectivity index (χ0n) is 13.5. The fourth-order valence-electron chi connectivity index (χ4n) is 2.71. The van der Waals surface area contributed by atoms with Gasteiger partial charge in [0.15, 0.2) is 0 Å². The van der Waals surface area contributed by atoms with Crippen LogP contribution in [0, 0.1) is 6.92 Å². The normalized spacial score (nSPS) is 15.2. The molecule has 1 aliphatic heterocycles. The number of aryl methyl sites for hydroxylation is 1. The van der Waals surface area contributed by atoms with Crippen molar-refractivity contribution in [2.75, 3.05) is 23.7 Å². The van der Waals surface area contributed by atoms with E-state index in [4.69, 9.17) is 11.6 Å². The first-order chi connectivity index (χ1) is 11.6. The third-order valence-corrected chi connectivity index (χ3v) is 4.29. The largest absolute Gasteiger partial charge is 0.367 e. The van der Waals surface area contributed by atoms with Gasteiger partial charge in [-0.1, -0.05) is 11.6 Å². The van der Waals surface area contributed by atoms with Crippen LogP contribution >= 0.6 is 11.6 Å². The van der Waals surface area contributed by atoms with Crippen LogP contribution in [0.2, 0.25) is 5.02 Å². The molecule has 6 nitrogen and oxygen atoms in total. The van der Waals surface area contributed by atoms with Crippen molar-refractivity contribution < 1.29 is 4.79 Å². The van der Waals surface area contributed by atoms with Crippen molar-refractivity contribution in [3.05, 3.63) is 47.4 Å². The summed E-state index contributed by atoms with van der Waals surface area (Å²) in [6, 6.07) is 9.29. The van der Waals surface area contributed by atoms with E-state index >= 15 is 0 Å². The average Bonchev–Trinajstić information content (AvgIpc) is 2.57. The number of likely N-dealkylation sites (tertiary alicyclic amines) is 1. The Kier molecular flexibility index (Phi) is 5.15. The Hall–Kier alpha value is -2.34. The Bertz CT molecular complexity index is 698. The smallest absolute Gasteiger partial charge is 0.321 e. The van der Waals surface area contributed by atoms with E-state index in [0.29, 0.717) is 24.2 Å². The maximum absolute atomic E-state index is 12.3. The fourth-order valence-corrected chi connectivity index (χ4v) is 2.83. The van der Waals surface area contributed by atoms with Gasteiger partial charge in [-0.3, -0.25) is 0 Å². The maximum atomic E-state index is 12.3. The Balaban J connectivity index is 1.49. The zero-order valence-corrected chi connectivity index (χ0v) is 14.3. The van der Waals surface area contributed by atoms with E-state index in [1.165, 1.54) is 0 Å². The second-order valence-electron chi connectivity index (χ2n) is 5.89. The lowest BCUT2D eigenvalue weighted by atomic mass is 10.1. The Labute approximate surface area is 146 Å². The molecule has 0 radical (unpaired) electrons. The van der Waals surface area contributed by atoms with Gasteiger partial charge in [-0.15, -0.1) is 0 Å². The summed E-state index contributed by atoms with van der Waals surface area (Å²) in [5.74, 6) is 0.839. The van der Waals surface area contributed by atoms with Crippen molar-refractivity contribution in [1.29, 1.82) is 0 Å². The lowest BCUT2D eigenvalue weighted by molar-refractivity contribution is 0.197. The molecule has 1 aromatic heterocycles. The van der Waals surface area contributed by atoms with Gasteiger partial charge < -0.3 is 15.5 Å². The van der Waals surface area contributed by atoms with E-state index < -0.39 is 0 Å². The van der Waals surface area contributed by atoms with Crippen molar-refractivity contribution >= 4 is 29.1 Å². The van der Waals surface area contributed by atoms with Gasteiger partial charge in [0.25, 0.3) is 0 Å². The molecule has 1 aliphatic rings. The van der Waals surface area contributed by atoms with Gasteiger partial charge in [0.1, 0.15) is 12.1 Å². The number of halogens is 1. The first kappa shape index (κ1) is 16.5. The molecule has 7 heteroatoms. The monoisotopic (exact) mass is 345 g/mol. The molecule has 2 heterocycles. The third-order valence-electron chi connectivity index (χ3n) is 4.03. The highest BCUT2D eigenvalue weighted by molar-refractivity contribution is 6.30. The summed E-state index contributed by atoms with van der Waals surface area (Å²) >= 11 is 5.85.